The molecule has 0 saturated heterocycles. The van der Waals surface area contributed by atoms with E-state index in [-0.39, 0.29) is 4.83 Å². The number of nitrogens with zero attached hydrogens (tertiary/aromatic N) is 1. The molecule has 2 rings (SSSR count). The van der Waals surface area contributed by atoms with Crippen molar-refractivity contribution in [3.05, 3.63) is 53.2 Å². The van der Waals surface area contributed by atoms with Crippen LogP contribution in [0.4, 0.5) is 0 Å². The van der Waals surface area contributed by atoms with E-state index in [9.17, 15) is 0 Å². The molecule has 0 aromatic carbocycles. The highest BCUT2D eigenvalue weighted by Gasteiger charge is 2.13. The third-order valence-electron chi connectivity index (χ3n) is 2.56. The van der Waals surface area contributed by atoms with E-state index in [0.717, 1.165) is 23.6 Å². The summed E-state index contributed by atoms with van der Waals surface area (Å²) in [6.07, 6.45) is 2.68. The second-order valence-electron chi connectivity index (χ2n) is 3.89. The van der Waals surface area contributed by atoms with Crippen molar-refractivity contribution < 1.29 is 4.42 Å². The molecule has 84 valence electrons. The highest BCUT2D eigenvalue weighted by atomic mass is 79.9. The molecule has 16 heavy (non-hydrogen) atoms. The lowest BCUT2D eigenvalue weighted by Gasteiger charge is -2.08. The van der Waals surface area contributed by atoms with Crippen molar-refractivity contribution in [1.82, 2.24) is 4.98 Å². The summed E-state index contributed by atoms with van der Waals surface area (Å²) < 4.78 is 5.58. The van der Waals surface area contributed by atoms with Gasteiger partial charge in [0.1, 0.15) is 11.5 Å². The second-order valence-corrected chi connectivity index (χ2v) is 4.99. The van der Waals surface area contributed by atoms with E-state index < -0.39 is 0 Å². The first-order valence-corrected chi connectivity index (χ1v) is 6.19. The summed E-state index contributed by atoms with van der Waals surface area (Å²) in [4.78, 5) is 4.57. The van der Waals surface area contributed by atoms with Crippen molar-refractivity contribution in [2.24, 2.45) is 0 Å². The molecule has 0 bridgehead atoms. The van der Waals surface area contributed by atoms with E-state index in [4.69, 9.17) is 4.42 Å². The van der Waals surface area contributed by atoms with Crippen LogP contribution in [0.2, 0.25) is 0 Å². The monoisotopic (exact) mass is 279 g/mol. The van der Waals surface area contributed by atoms with Gasteiger partial charge in [0.25, 0.3) is 0 Å². The standard InChI is InChI=1S/C13H14BrNO/c1-9-4-3-7-15-12(9)8-11(14)13-6-5-10(2)16-13/h3-7,11H,8H2,1-2H3. The molecule has 0 amide bonds. The largest absolute Gasteiger partial charge is 0.465 e. The minimum absolute atomic E-state index is 0.190. The molecule has 3 heteroatoms. The summed E-state index contributed by atoms with van der Waals surface area (Å²) in [6, 6.07) is 8.02. The fourth-order valence-electron chi connectivity index (χ4n) is 1.62. The summed E-state index contributed by atoms with van der Waals surface area (Å²) in [6.45, 7) is 4.03. The van der Waals surface area contributed by atoms with Crippen LogP contribution in [-0.2, 0) is 6.42 Å². The number of halogens is 1. The Morgan fingerprint density at radius 3 is 2.75 bits per heavy atom. The normalized spacial score (nSPS) is 12.7. The predicted octanol–water partition coefficient (Wildman–Crippen LogP) is 3.97. The fraction of sp³-hybridized carbons (Fsp3) is 0.308. The van der Waals surface area contributed by atoms with Crippen LogP contribution in [0, 0.1) is 13.8 Å². The van der Waals surface area contributed by atoms with Gasteiger partial charge in [-0.05, 0) is 37.6 Å². The van der Waals surface area contributed by atoms with Crippen LogP contribution in [-0.4, -0.2) is 4.98 Å². The van der Waals surface area contributed by atoms with Crippen LogP contribution in [0.15, 0.2) is 34.9 Å². The SMILES string of the molecule is Cc1ccc(C(Br)Cc2ncccc2C)o1. The van der Waals surface area contributed by atoms with Gasteiger partial charge in [0, 0.05) is 18.3 Å². The van der Waals surface area contributed by atoms with E-state index in [1.54, 1.807) is 0 Å². The van der Waals surface area contributed by atoms with E-state index in [2.05, 4.69) is 33.9 Å². The van der Waals surface area contributed by atoms with Gasteiger partial charge in [0.2, 0.25) is 0 Å². The molecule has 0 aliphatic rings. The van der Waals surface area contributed by atoms with E-state index in [0.29, 0.717) is 0 Å². The van der Waals surface area contributed by atoms with Crippen LogP contribution >= 0.6 is 15.9 Å². The van der Waals surface area contributed by atoms with Crippen molar-refractivity contribution >= 4 is 15.9 Å². The number of hydrogen-bond acceptors (Lipinski definition) is 2. The summed E-state index contributed by atoms with van der Waals surface area (Å²) >= 11 is 3.64. The van der Waals surface area contributed by atoms with Gasteiger partial charge in [-0.1, -0.05) is 22.0 Å². The van der Waals surface area contributed by atoms with Crippen LogP contribution in [0.3, 0.4) is 0 Å². The number of alkyl halides is 1. The molecule has 0 radical (unpaired) electrons. The first kappa shape index (κ1) is 11.4. The first-order valence-electron chi connectivity index (χ1n) is 5.27. The topological polar surface area (TPSA) is 26.0 Å². The molecule has 0 spiro atoms. The van der Waals surface area contributed by atoms with Crippen molar-refractivity contribution in [1.29, 1.82) is 0 Å². The predicted molar refractivity (Wildman–Crippen MR) is 67.8 cm³/mol. The van der Waals surface area contributed by atoms with Gasteiger partial charge in [0.15, 0.2) is 0 Å². The molecule has 2 nitrogen and oxygen atoms in total. The van der Waals surface area contributed by atoms with Crippen LogP contribution in [0.25, 0.3) is 0 Å². The van der Waals surface area contributed by atoms with Gasteiger partial charge in [0.05, 0.1) is 4.83 Å². The zero-order valence-electron chi connectivity index (χ0n) is 9.40. The highest BCUT2D eigenvalue weighted by molar-refractivity contribution is 9.09. The van der Waals surface area contributed by atoms with Gasteiger partial charge < -0.3 is 4.42 Å². The summed E-state index contributed by atoms with van der Waals surface area (Å²) in [5, 5.41) is 0. The lowest BCUT2D eigenvalue weighted by atomic mass is 10.1. The van der Waals surface area contributed by atoms with Crippen LogP contribution < -0.4 is 0 Å². The Hall–Kier alpha value is -1.09. The van der Waals surface area contributed by atoms with Gasteiger partial charge in [-0.3, -0.25) is 4.98 Å². The van der Waals surface area contributed by atoms with Crippen molar-refractivity contribution in [3.63, 3.8) is 0 Å². The zero-order valence-corrected chi connectivity index (χ0v) is 11.0. The lowest BCUT2D eigenvalue weighted by Crippen LogP contribution is -1.98. The molecule has 1 unspecified atom stereocenters. The minimum atomic E-state index is 0.190. The number of hydrogen-bond donors (Lipinski definition) is 0. The smallest absolute Gasteiger partial charge is 0.118 e. The first-order chi connectivity index (χ1) is 7.66. The lowest BCUT2D eigenvalue weighted by molar-refractivity contribution is 0.480. The van der Waals surface area contributed by atoms with E-state index >= 15 is 0 Å². The molecule has 0 N–H and O–H groups in total. The Morgan fingerprint density at radius 2 is 2.12 bits per heavy atom. The molecule has 2 heterocycles. The highest BCUT2D eigenvalue weighted by Crippen LogP contribution is 2.28. The van der Waals surface area contributed by atoms with Gasteiger partial charge in [-0.15, -0.1) is 0 Å². The number of rotatable bonds is 3. The molecule has 0 fully saturated rings. The Balaban J connectivity index is 2.13. The molecule has 2 aromatic rings. The maximum absolute atomic E-state index is 5.58. The molecule has 0 saturated carbocycles. The van der Waals surface area contributed by atoms with Gasteiger partial charge >= 0.3 is 0 Å². The number of furan rings is 1. The Bertz CT molecular complexity index is 478. The van der Waals surface area contributed by atoms with Crippen LogP contribution in [0.5, 0.6) is 0 Å². The third-order valence-corrected chi connectivity index (χ3v) is 3.34. The van der Waals surface area contributed by atoms with E-state index in [1.165, 1.54) is 5.56 Å². The minimum Gasteiger partial charge on any atom is -0.465 e. The number of aromatic nitrogens is 1. The van der Waals surface area contributed by atoms with E-state index in [1.807, 2.05) is 31.3 Å². The van der Waals surface area contributed by atoms with Crippen molar-refractivity contribution in [2.45, 2.75) is 25.1 Å². The Kier molecular flexibility index (Phi) is 3.44. The summed E-state index contributed by atoms with van der Waals surface area (Å²) in [5.74, 6) is 1.90. The summed E-state index contributed by atoms with van der Waals surface area (Å²) in [7, 11) is 0. The van der Waals surface area contributed by atoms with Crippen molar-refractivity contribution in [3.8, 4) is 0 Å². The second kappa shape index (κ2) is 4.83. The fourth-order valence-corrected chi connectivity index (χ4v) is 2.18. The molecule has 2 aromatic heterocycles. The third kappa shape index (κ3) is 2.53. The quantitative estimate of drug-likeness (QED) is 0.795. The molecule has 0 aliphatic heterocycles. The summed E-state index contributed by atoms with van der Waals surface area (Å²) in [5.41, 5.74) is 2.33. The number of pyridine rings is 1. The molecule has 0 aliphatic carbocycles. The maximum Gasteiger partial charge on any atom is 0.118 e. The molecular weight excluding hydrogens is 266 g/mol. The van der Waals surface area contributed by atoms with Gasteiger partial charge in [-0.2, -0.15) is 0 Å². The molecule has 1 atom stereocenters. The average molecular weight is 280 g/mol. The molecular formula is C13H14BrNO. The Morgan fingerprint density at radius 1 is 1.31 bits per heavy atom. The zero-order chi connectivity index (χ0) is 11.5. The Labute approximate surface area is 104 Å². The van der Waals surface area contributed by atoms with Gasteiger partial charge in [-0.25, -0.2) is 0 Å². The maximum atomic E-state index is 5.58. The van der Waals surface area contributed by atoms with Crippen molar-refractivity contribution in [2.75, 3.05) is 0 Å². The average Bonchev–Trinajstić information content (AvgIpc) is 2.68. The number of aryl methyl sites for hydroxylation is 2. The van der Waals surface area contributed by atoms with Crippen LogP contribution in [0.1, 0.15) is 27.6 Å².